The minimum atomic E-state index is -0.111. The Morgan fingerprint density at radius 3 is 2.81 bits per heavy atom. The summed E-state index contributed by atoms with van der Waals surface area (Å²) < 4.78 is 10.6. The molecule has 1 fully saturated rings. The standard InChI is InChI=1S/C20H24ClN3O3/c1-26-14-7-8-19(27-2)17(11-14)23-20(25)13-24-10-9-22-12-18(24)15-5-3-4-6-16(15)21/h3-8,11,18,22H,9-10,12-13H2,1-2H3,(H,23,25). The monoisotopic (exact) mass is 389 g/mol. The molecule has 27 heavy (non-hydrogen) atoms. The first-order valence-corrected chi connectivity index (χ1v) is 9.21. The van der Waals surface area contributed by atoms with Crippen LogP contribution in [0.1, 0.15) is 11.6 Å². The number of hydrogen-bond acceptors (Lipinski definition) is 5. The molecule has 0 spiro atoms. The van der Waals surface area contributed by atoms with Gasteiger partial charge in [-0.05, 0) is 23.8 Å². The van der Waals surface area contributed by atoms with Crippen LogP contribution >= 0.6 is 11.6 Å². The second-order valence-corrected chi connectivity index (χ2v) is 6.73. The van der Waals surface area contributed by atoms with Crippen molar-refractivity contribution >= 4 is 23.2 Å². The topological polar surface area (TPSA) is 62.8 Å². The van der Waals surface area contributed by atoms with Crippen LogP contribution in [0.25, 0.3) is 0 Å². The third kappa shape index (κ3) is 4.71. The van der Waals surface area contributed by atoms with Crippen LogP contribution in [-0.4, -0.2) is 51.2 Å². The van der Waals surface area contributed by atoms with E-state index in [1.807, 2.05) is 24.3 Å². The number of benzene rings is 2. The van der Waals surface area contributed by atoms with Crippen LogP contribution in [0.2, 0.25) is 5.02 Å². The SMILES string of the molecule is COc1ccc(OC)c(NC(=O)CN2CCNCC2c2ccccc2Cl)c1. The lowest BCUT2D eigenvalue weighted by molar-refractivity contribution is -0.118. The molecule has 6 nitrogen and oxygen atoms in total. The van der Waals surface area contributed by atoms with Crippen molar-refractivity contribution in [3.05, 3.63) is 53.1 Å². The fraction of sp³-hybridized carbons (Fsp3) is 0.350. The molecule has 0 saturated carbocycles. The molecule has 1 heterocycles. The third-order valence-corrected chi connectivity index (χ3v) is 4.99. The van der Waals surface area contributed by atoms with E-state index in [9.17, 15) is 4.79 Å². The van der Waals surface area contributed by atoms with Crippen molar-refractivity contribution in [1.29, 1.82) is 0 Å². The van der Waals surface area contributed by atoms with Crippen LogP contribution in [0.15, 0.2) is 42.5 Å². The highest BCUT2D eigenvalue weighted by Gasteiger charge is 2.27. The zero-order chi connectivity index (χ0) is 19.2. The molecular weight excluding hydrogens is 366 g/mol. The Morgan fingerprint density at radius 1 is 1.26 bits per heavy atom. The Kier molecular flexibility index (Phi) is 6.55. The summed E-state index contributed by atoms with van der Waals surface area (Å²) >= 11 is 6.38. The van der Waals surface area contributed by atoms with E-state index in [1.165, 1.54) is 0 Å². The molecule has 1 atom stereocenters. The summed E-state index contributed by atoms with van der Waals surface area (Å²) in [6, 6.07) is 13.1. The molecule has 2 aromatic rings. The molecule has 0 bridgehead atoms. The molecule has 1 aliphatic rings. The summed E-state index contributed by atoms with van der Waals surface area (Å²) in [5.74, 6) is 1.13. The predicted molar refractivity (Wildman–Crippen MR) is 107 cm³/mol. The van der Waals surface area contributed by atoms with Crippen LogP contribution in [0.4, 0.5) is 5.69 Å². The van der Waals surface area contributed by atoms with Gasteiger partial charge in [0.15, 0.2) is 0 Å². The van der Waals surface area contributed by atoms with Crippen LogP contribution in [-0.2, 0) is 4.79 Å². The molecular formula is C20H24ClN3O3. The molecule has 1 amide bonds. The molecule has 7 heteroatoms. The molecule has 2 N–H and O–H groups in total. The molecule has 3 rings (SSSR count). The van der Waals surface area contributed by atoms with Crippen LogP contribution in [0.5, 0.6) is 11.5 Å². The molecule has 0 aromatic heterocycles. The number of amides is 1. The van der Waals surface area contributed by atoms with Crippen LogP contribution < -0.4 is 20.1 Å². The lowest BCUT2D eigenvalue weighted by atomic mass is 10.0. The van der Waals surface area contributed by atoms with Gasteiger partial charge in [0.1, 0.15) is 11.5 Å². The van der Waals surface area contributed by atoms with Gasteiger partial charge >= 0.3 is 0 Å². The van der Waals surface area contributed by atoms with Gasteiger partial charge in [-0.3, -0.25) is 9.69 Å². The second-order valence-electron chi connectivity index (χ2n) is 6.33. The van der Waals surface area contributed by atoms with E-state index in [-0.39, 0.29) is 18.5 Å². The summed E-state index contributed by atoms with van der Waals surface area (Å²) in [7, 11) is 3.16. The highest BCUT2D eigenvalue weighted by atomic mass is 35.5. The predicted octanol–water partition coefficient (Wildman–Crippen LogP) is 2.94. The largest absolute Gasteiger partial charge is 0.497 e. The van der Waals surface area contributed by atoms with Crippen molar-refractivity contribution in [2.45, 2.75) is 6.04 Å². The number of halogens is 1. The number of nitrogens with zero attached hydrogens (tertiary/aromatic N) is 1. The molecule has 1 unspecified atom stereocenters. The van der Waals surface area contributed by atoms with Gasteiger partial charge in [0.2, 0.25) is 5.91 Å². The van der Waals surface area contributed by atoms with E-state index in [1.54, 1.807) is 32.4 Å². The Balaban J connectivity index is 1.73. The van der Waals surface area contributed by atoms with E-state index in [2.05, 4.69) is 15.5 Å². The summed E-state index contributed by atoms with van der Waals surface area (Å²) in [6.45, 7) is 2.60. The number of nitrogens with one attached hydrogen (secondary N) is 2. The number of ether oxygens (including phenoxy) is 2. The van der Waals surface area contributed by atoms with E-state index in [0.717, 1.165) is 25.2 Å². The van der Waals surface area contributed by atoms with E-state index < -0.39 is 0 Å². The number of carbonyl (C=O) groups is 1. The van der Waals surface area contributed by atoms with Gasteiger partial charge in [0.25, 0.3) is 0 Å². The molecule has 1 aliphatic heterocycles. The summed E-state index contributed by atoms with van der Waals surface area (Å²) in [5, 5.41) is 7.02. The number of carbonyl (C=O) groups excluding carboxylic acids is 1. The highest BCUT2D eigenvalue weighted by Crippen LogP contribution is 2.30. The summed E-state index contributed by atoms with van der Waals surface area (Å²) in [5.41, 5.74) is 1.62. The number of piperazine rings is 1. The van der Waals surface area contributed by atoms with Crippen molar-refractivity contribution in [1.82, 2.24) is 10.2 Å². The highest BCUT2D eigenvalue weighted by molar-refractivity contribution is 6.31. The van der Waals surface area contributed by atoms with Crippen molar-refractivity contribution in [3.63, 3.8) is 0 Å². The lowest BCUT2D eigenvalue weighted by Gasteiger charge is -2.36. The number of anilines is 1. The number of rotatable bonds is 6. The van der Waals surface area contributed by atoms with Crippen molar-refractivity contribution in [2.75, 3.05) is 45.7 Å². The normalized spacial score (nSPS) is 17.4. The maximum absolute atomic E-state index is 12.7. The van der Waals surface area contributed by atoms with Crippen LogP contribution in [0, 0.1) is 0 Å². The third-order valence-electron chi connectivity index (χ3n) is 4.65. The first kappa shape index (κ1) is 19.5. The van der Waals surface area contributed by atoms with Gasteiger partial charge in [0.05, 0.1) is 26.5 Å². The quantitative estimate of drug-likeness (QED) is 0.795. The Hall–Kier alpha value is -2.28. The van der Waals surface area contributed by atoms with Gasteiger partial charge in [-0.1, -0.05) is 29.8 Å². The minimum absolute atomic E-state index is 0.0467. The maximum Gasteiger partial charge on any atom is 0.238 e. The Bertz CT molecular complexity index is 800. The smallest absolute Gasteiger partial charge is 0.238 e. The average molecular weight is 390 g/mol. The van der Waals surface area contributed by atoms with E-state index in [0.29, 0.717) is 22.2 Å². The number of hydrogen-bond donors (Lipinski definition) is 2. The first-order chi connectivity index (χ1) is 13.1. The van der Waals surface area contributed by atoms with Gasteiger partial charge in [-0.25, -0.2) is 0 Å². The van der Waals surface area contributed by atoms with Gasteiger partial charge < -0.3 is 20.1 Å². The lowest BCUT2D eigenvalue weighted by Crippen LogP contribution is -2.48. The molecule has 0 aliphatic carbocycles. The first-order valence-electron chi connectivity index (χ1n) is 8.83. The zero-order valence-corrected chi connectivity index (χ0v) is 16.3. The van der Waals surface area contributed by atoms with Gasteiger partial charge in [-0.15, -0.1) is 0 Å². The average Bonchev–Trinajstić information content (AvgIpc) is 2.69. The molecule has 2 aromatic carbocycles. The zero-order valence-electron chi connectivity index (χ0n) is 15.5. The molecule has 1 saturated heterocycles. The van der Waals surface area contributed by atoms with E-state index in [4.69, 9.17) is 21.1 Å². The fourth-order valence-corrected chi connectivity index (χ4v) is 3.54. The van der Waals surface area contributed by atoms with E-state index >= 15 is 0 Å². The van der Waals surface area contributed by atoms with Crippen molar-refractivity contribution in [3.8, 4) is 11.5 Å². The van der Waals surface area contributed by atoms with Crippen molar-refractivity contribution in [2.24, 2.45) is 0 Å². The Labute approximate surface area is 164 Å². The van der Waals surface area contributed by atoms with Crippen LogP contribution in [0.3, 0.4) is 0 Å². The fourth-order valence-electron chi connectivity index (χ4n) is 3.27. The van der Waals surface area contributed by atoms with Gasteiger partial charge in [0, 0.05) is 36.8 Å². The minimum Gasteiger partial charge on any atom is -0.497 e. The summed E-state index contributed by atoms with van der Waals surface area (Å²) in [4.78, 5) is 14.8. The van der Waals surface area contributed by atoms with Crippen molar-refractivity contribution < 1.29 is 14.3 Å². The van der Waals surface area contributed by atoms with Gasteiger partial charge in [-0.2, -0.15) is 0 Å². The molecule has 0 radical (unpaired) electrons. The summed E-state index contributed by atoms with van der Waals surface area (Å²) in [6.07, 6.45) is 0. The second kappa shape index (κ2) is 9.08. The number of methoxy groups -OCH3 is 2. The Morgan fingerprint density at radius 2 is 2.07 bits per heavy atom. The maximum atomic E-state index is 12.7. The molecule has 144 valence electrons.